The van der Waals surface area contributed by atoms with Crippen LogP contribution in [0.3, 0.4) is 0 Å². The highest BCUT2D eigenvalue weighted by atomic mass is 35.5. The summed E-state index contributed by atoms with van der Waals surface area (Å²) in [5.41, 5.74) is 8.11. The van der Waals surface area contributed by atoms with Crippen LogP contribution in [0, 0.1) is 0 Å². The molecule has 3 aromatic rings. The molecule has 0 atom stereocenters. The van der Waals surface area contributed by atoms with E-state index >= 15 is 0 Å². The number of esters is 1. The molecule has 0 radical (unpaired) electrons. The number of nitrogens with zero attached hydrogens (tertiary/aromatic N) is 2. The Morgan fingerprint density at radius 3 is 2.45 bits per heavy atom. The number of nitrogens with two attached hydrogens (primary N) is 1. The zero-order valence-electron chi connectivity index (χ0n) is 17.2. The van der Waals surface area contributed by atoms with Gasteiger partial charge in [0.05, 0.1) is 37.1 Å². The summed E-state index contributed by atoms with van der Waals surface area (Å²) in [6.45, 7) is 2.05. The molecule has 162 valence electrons. The number of anilines is 5. The zero-order valence-corrected chi connectivity index (χ0v) is 18.0. The maximum absolute atomic E-state index is 12.0. The number of hydrogen-bond donors (Lipinski definition) is 3. The Labute approximate surface area is 184 Å². The molecule has 3 rings (SSSR count). The number of ether oxygens (including phenoxy) is 3. The summed E-state index contributed by atoms with van der Waals surface area (Å²) in [6.07, 6.45) is 1.35. The predicted octanol–water partition coefficient (Wildman–Crippen LogP) is 4.39. The Morgan fingerprint density at radius 2 is 1.77 bits per heavy atom. The normalized spacial score (nSPS) is 10.3. The van der Waals surface area contributed by atoms with Crippen molar-refractivity contribution in [3.05, 3.63) is 53.3 Å². The van der Waals surface area contributed by atoms with Crippen molar-refractivity contribution in [2.45, 2.75) is 6.92 Å². The fourth-order valence-electron chi connectivity index (χ4n) is 2.76. The zero-order chi connectivity index (χ0) is 22.4. The average molecular weight is 444 g/mol. The van der Waals surface area contributed by atoms with E-state index in [1.807, 2.05) is 0 Å². The molecule has 0 bridgehead atoms. The highest BCUT2D eigenvalue weighted by molar-refractivity contribution is 6.32. The third-order valence-electron chi connectivity index (χ3n) is 4.25. The summed E-state index contributed by atoms with van der Waals surface area (Å²) in [5, 5.41) is 6.59. The van der Waals surface area contributed by atoms with Crippen LogP contribution < -0.4 is 25.8 Å². The molecule has 1 aromatic heterocycles. The summed E-state index contributed by atoms with van der Waals surface area (Å²) in [5.74, 6) is 1.27. The second-order valence-electron chi connectivity index (χ2n) is 6.22. The van der Waals surface area contributed by atoms with Gasteiger partial charge in [-0.3, -0.25) is 0 Å². The Balaban J connectivity index is 1.87. The van der Waals surface area contributed by atoms with Gasteiger partial charge in [-0.15, -0.1) is 0 Å². The van der Waals surface area contributed by atoms with Gasteiger partial charge in [0, 0.05) is 11.8 Å². The lowest BCUT2D eigenvalue weighted by molar-refractivity contribution is 0.0526. The van der Waals surface area contributed by atoms with Crippen LogP contribution in [0.15, 0.2) is 42.7 Å². The van der Waals surface area contributed by atoms with Crippen molar-refractivity contribution < 1.29 is 19.0 Å². The van der Waals surface area contributed by atoms with Crippen molar-refractivity contribution in [2.75, 3.05) is 37.2 Å². The van der Waals surface area contributed by atoms with E-state index in [-0.39, 0.29) is 5.69 Å². The first-order valence-electron chi connectivity index (χ1n) is 9.30. The molecule has 10 heteroatoms. The van der Waals surface area contributed by atoms with Crippen molar-refractivity contribution in [2.24, 2.45) is 0 Å². The predicted molar refractivity (Wildman–Crippen MR) is 120 cm³/mol. The van der Waals surface area contributed by atoms with Gasteiger partial charge in [-0.05, 0) is 31.2 Å². The maximum atomic E-state index is 12.0. The molecule has 1 heterocycles. The fourth-order valence-corrected chi connectivity index (χ4v) is 3.00. The molecule has 9 nitrogen and oxygen atoms in total. The lowest BCUT2D eigenvalue weighted by Crippen LogP contribution is -2.07. The Bertz CT molecular complexity index is 1090. The maximum Gasteiger partial charge on any atom is 0.338 e. The van der Waals surface area contributed by atoms with E-state index in [1.165, 1.54) is 20.5 Å². The highest BCUT2D eigenvalue weighted by Crippen LogP contribution is 2.38. The molecule has 0 amide bonds. The third kappa shape index (κ3) is 5.07. The molecule has 4 N–H and O–H groups in total. The van der Waals surface area contributed by atoms with Crippen LogP contribution in [-0.2, 0) is 4.74 Å². The average Bonchev–Trinajstić information content (AvgIpc) is 2.77. The molecular formula is C21H22ClN5O4. The van der Waals surface area contributed by atoms with Gasteiger partial charge in [-0.25, -0.2) is 14.8 Å². The minimum atomic E-state index is -0.410. The molecule has 0 spiro atoms. The van der Waals surface area contributed by atoms with E-state index in [0.717, 1.165) is 0 Å². The van der Waals surface area contributed by atoms with Crippen LogP contribution in [0.25, 0.3) is 0 Å². The number of aromatic nitrogens is 2. The van der Waals surface area contributed by atoms with E-state index in [2.05, 4.69) is 20.6 Å². The second-order valence-corrected chi connectivity index (χ2v) is 6.63. The van der Waals surface area contributed by atoms with Crippen LogP contribution >= 0.6 is 11.6 Å². The number of rotatable bonds is 8. The molecule has 0 aliphatic heterocycles. The van der Waals surface area contributed by atoms with Crippen LogP contribution in [0.2, 0.25) is 5.02 Å². The molecule has 0 fully saturated rings. The number of nitrogens with one attached hydrogen (secondary N) is 2. The van der Waals surface area contributed by atoms with Gasteiger partial charge in [0.2, 0.25) is 0 Å². The van der Waals surface area contributed by atoms with Crippen molar-refractivity contribution in [3.8, 4) is 11.5 Å². The monoisotopic (exact) mass is 443 g/mol. The van der Waals surface area contributed by atoms with E-state index in [1.54, 1.807) is 43.3 Å². The Morgan fingerprint density at radius 1 is 1.06 bits per heavy atom. The Hall–Kier alpha value is -3.72. The first-order chi connectivity index (χ1) is 15.0. The second kappa shape index (κ2) is 9.86. The van der Waals surface area contributed by atoms with E-state index in [0.29, 0.717) is 51.7 Å². The molecule has 31 heavy (non-hydrogen) atoms. The molecule has 0 aliphatic rings. The third-order valence-corrected chi connectivity index (χ3v) is 4.54. The summed E-state index contributed by atoms with van der Waals surface area (Å²) in [7, 11) is 3.05. The molecule has 0 aliphatic carbocycles. The number of carbonyl (C=O) groups excluding carboxylic acids is 1. The first kappa shape index (κ1) is 22.0. The van der Waals surface area contributed by atoms with Crippen LogP contribution in [0.1, 0.15) is 17.3 Å². The lowest BCUT2D eigenvalue weighted by atomic mass is 10.2. The van der Waals surface area contributed by atoms with Gasteiger partial charge in [0.25, 0.3) is 0 Å². The van der Waals surface area contributed by atoms with Crippen molar-refractivity contribution >= 4 is 46.3 Å². The van der Waals surface area contributed by atoms with Gasteiger partial charge >= 0.3 is 5.97 Å². The SMILES string of the molecule is CCOC(=O)c1cccc(Nc2ncnc(Nc3cc(Cl)c(OC)cc3OC)c2N)c1. The van der Waals surface area contributed by atoms with Gasteiger partial charge in [-0.1, -0.05) is 17.7 Å². The standard InChI is InChI=1S/C21H22ClN5O4/c1-4-31-21(28)12-6-5-7-13(8-12)26-19-18(23)20(25-11-24-19)27-15-9-14(22)16(29-2)10-17(15)30-3/h5-11H,4,23H2,1-3H3,(H2,24,25,26,27). The highest BCUT2D eigenvalue weighted by Gasteiger charge is 2.15. The number of halogens is 1. The van der Waals surface area contributed by atoms with Crippen molar-refractivity contribution in [3.63, 3.8) is 0 Å². The quantitative estimate of drug-likeness (QED) is 0.435. The smallest absolute Gasteiger partial charge is 0.338 e. The first-order valence-corrected chi connectivity index (χ1v) is 9.67. The van der Waals surface area contributed by atoms with E-state index in [4.69, 9.17) is 31.5 Å². The van der Waals surface area contributed by atoms with E-state index < -0.39 is 5.97 Å². The van der Waals surface area contributed by atoms with Crippen LogP contribution in [0.4, 0.5) is 28.7 Å². The van der Waals surface area contributed by atoms with Gasteiger partial charge in [0.1, 0.15) is 23.5 Å². The van der Waals surface area contributed by atoms with Crippen molar-refractivity contribution in [1.82, 2.24) is 9.97 Å². The van der Waals surface area contributed by atoms with Gasteiger partial charge in [0.15, 0.2) is 11.6 Å². The molecule has 0 unspecified atom stereocenters. The number of nitrogen functional groups attached to an aromatic ring is 1. The lowest BCUT2D eigenvalue weighted by Gasteiger charge is -2.16. The van der Waals surface area contributed by atoms with Gasteiger partial charge < -0.3 is 30.6 Å². The topological polar surface area (TPSA) is 121 Å². The van der Waals surface area contributed by atoms with E-state index in [9.17, 15) is 4.79 Å². The summed E-state index contributed by atoms with van der Waals surface area (Å²) < 4.78 is 15.6. The molecular weight excluding hydrogens is 422 g/mol. The number of methoxy groups -OCH3 is 2. The van der Waals surface area contributed by atoms with Crippen molar-refractivity contribution in [1.29, 1.82) is 0 Å². The molecule has 0 saturated carbocycles. The van der Waals surface area contributed by atoms with Gasteiger partial charge in [-0.2, -0.15) is 0 Å². The largest absolute Gasteiger partial charge is 0.495 e. The molecule has 0 saturated heterocycles. The minimum absolute atomic E-state index is 0.262. The minimum Gasteiger partial charge on any atom is -0.495 e. The van der Waals surface area contributed by atoms with Crippen LogP contribution in [-0.4, -0.2) is 36.8 Å². The number of hydrogen-bond acceptors (Lipinski definition) is 9. The summed E-state index contributed by atoms with van der Waals surface area (Å²) >= 11 is 6.23. The molecule has 2 aromatic carbocycles. The van der Waals surface area contributed by atoms with Crippen LogP contribution in [0.5, 0.6) is 11.5 Å². The number of carbonyl (C=O) groups is 1. The fraction of sp³-hybridized carbons (Fsp3) is 0.190. The summed E-state index contributed by atoms with van der Waals surface area (Å²) in [6, 6.07) is 10.1. The Kier molecular flexibility index (Phi) is 6.99. The number of benzene rings is 2. The summed E-state index contributed by atoms with van der Waals surface area (Å²) in [4.78, 5) is 20.4.